The Bertz CT molecular complexity index is 1950. The van der Waals surface area contributed by atoms with E-state index in [9.17, 15) is 42.3 Å². The van der Waals surface area contributed by atoms with Crippen LogP contribution in [0.4, 0.5) is 27.6 Å². The summed E-state index contributed by atoms with van der Waals surface area (Å²) in [4.78, 5) is 62.4. The normalized spacial score (nSPS) is 28.1. The average Bonchev–Trinajstić information content (AvgIpc) is 3.43. The number of nitrogens with zero attached hydrogens (tertiary/aromatic N) is 2. The zero-order valence-corrected chi connectivity index (χ0v) is 28.8. The standard InChI is InChI=1S/C34H29Cl2F5N2O9/c1-51-13-10-17(44)21(18(11-13)52-2)22-14-7-8-15-20(30(48)42(29(15)47)9-5-3-4-6-19(45)46)16(14)12-33(35)31(49)43(32(50)34(22,33)36)28-26(40)24(38)23(37)25(39)27(28)41/h7,10-11,15-16,20,22,44H,3-6,8-9,12H2,1-2H3,(H,45,46)/t15-,16+,20-,22+,33+,34-/m0/s1. The van der Waals surface area contributed by atoms with Gasteiger partial charge in [0.05, 0.1) is 26.1 Å². The third-order valence-electron chi connectivity index (χ3n) is 10.4. The number of aromatic hydroxyl groups is 1. The summed E-state index contributed by atoms with van der Waals surface area (Å²) in [5, 5.41) is 20.3. The van der Waals surface area contributed by atoms with Crippen molar-refractivity contribution < 1.29 is 65.6 Å². The number of allylic oxidation sites excluding steroid dienone is 2. The molecule has 2 aliphatic carbocycles. The number of phenols is 1. The van der Waals surface area contributed by atoms with Crippen LogP contribution in [0.25, 0.3) is 0 Å². The first-order valence-electron chi connectivity index (χ1n) is 16.0. The summed E-state index contributed by atoms with van der Waals surface area (Å²) < 4.78 is 84.2. The number of unbranched alkanes of at least 4 members (excludes halogenated alkanes) is 2. The lowest BCUT2D eigenvalue weighted by molar-refractivity contribution is -0.141. The fourth-order valence-electron chi connectivity index (χ4n) is 8.06. The average molecular weight is 776 g/mol. The smallest absolute Gasteiger partial charge is 0.303 e. The molecule has 0 bridgehead atoms. The number of ether oxygens (including phenoxy) is 2. The molecule has 4 aliphatic rings. The molecule has 2 heterocycles. The van der Waals surface area contributed by atoms with E-state index < -0.39 is 110 Å². The molecular weight excluding hydrogens is 746 g/mol. The van der Waals surface area contributed by atoms with Crippen molar-refractivity contribution in [2.75, 3.05) is 25.7 Å². The molecule has 3 fully saturated rings. The van der Waals surface area contributed by atoms with Crippen LogP contribution in [0, 0.1) is 46.8 Å². The molecule has 52 heavy (non-hydrogen) atoms. The summed E-state index contributed by atoms with van der Waals surface area (Å²) >= 11 is 14.2. The van der Waals surface area contributed by atoms with Crippen molar-refractivity contribution in [3.05, 3.63) is 58.4 Å². The molecule has 6 rings (SSSR count). The number of carboxylic acids is 1. The molecule has 0 radical (unpaired) electrons. The summed E-state index contributed by atoms with van der Waals surface area (Å²) in [6.45, 7) is -0.0558. The molecule has 11 nitrogen and oxygen atoms in total. The van der Waals surface area contributed by atoms with E-state index in [0.717, 1.165) is 11.0 Å². The highest BCUT2D eigenvalue weighted by Crippen LogP contribution is 2.67. The van der Waals surface area contributed by atoms with Crippen LogP contribution >= 0.6 is 23.2 Å². The number of halogens is 7. The quantitative estimate of drug-likeness (QED) is 0.0623. The van der Waals surface area contributed by atoms with E-state index in [1.165, 1.54) is 26.4 Å². The van der Waals surface area contributed by atoms with Gasteiger partial charge in [-0.15, -0.1) is 23.2 Å². The first kappa shape index (κ1) is 37.3. The summed E-state index contributed by atoms with van der Waals surface area (Å²) in [7, 11) is 2.44. The van der Waals surface area contributed by atoms with E-state index in [4.69, 9.17) is 37.8 Å². The largest absolute Gasteiger partial charge is 0.507 e. The van der Waals surface area contributed by atoms with Crippen LogP contribution in [0.3, 0.4) is 0 Å². The number of alkyl halides is 2. The van der Waals surface area contributed by atoms with Gasteiger partial charge >= 0.3 is 5.97 Å². The van der Waals surface area contributed by atoms with E-state index in [2.05, 4.69) is 0 Å². The lowest BCUT2D eigenvalue weighted by Gasteiger charge is -2.50. The predicted molar refractivity (Wildman–Crippen MR) is 170 cm³/mol. The fourth-order valence-corrected chi connectivity index (χ4v) is 8.98. The zero-order valence-electron chi connectivity index (χ0n) is 27.3. The molecule has 4 amide bonds. The predicted octanol–water partition coefficient (Wildman–Crippen LogP) is 5.31. The molecule has 18 heteroatoms. The minimum atomic E-state index is -2.87. The number of aliphatic carboxylic acids is 1. The Kier molecular flexibility index (Phi) is 9.48. The van der Waals surface area contributed by atoms with Gasteiger partial charge in [-0.05, 0) is 31.6 Å². The molecule has 2 aromatic carbocycles. The molecule has 0 spiro atoms. The van der Waals surface area contributed by atoms with Gasteiger partial charge in [0.1, 0.15) is 22.9 Å². The summed E-state index contributed by atoms with van der Waals surface area (Å²) in [6.07, 6.45) is 1.51. The summed E-state index contributed by atoms with van der Waals surface area (Å²) in [5.74, 6) is -24.1. The van der Waals surface area contributed by atoms with Crippen LogP contribution in [0.1, 0.15) is 50.0 Å². The molecule has 2 saturated heterocycles. The van der Waals surface area contributed by atoms with Crippen LogP contribution in [-0.4, -0.2) is 75.2 Å². The monoisotopic (exact) mass is 774 g/mol. The van der Waals surface area contributed by atoms with E-state index in [1.807, 2.05) is 0 Å². The maximum Gasteiger partial charge on any atom is 0.303 e. The fraction of sp³-hybridized carbons (Fsp3) is 0.441. The third kappa shape index (κ3) is 5.15. The number of imide groups is 2. The lowest BCUT2D eigenvalue weighted by atomic mass is 9.56. The Morgan fingerprint density at radius 1 is 0.885 bits per heavy atom. The number of carbonyl (C=O) groups excluding carboxylic acids is 4. The van der Waals surface area contributed by atoms with Crippen LogP contribution in [0.2, 0.25) is 0 Å². The number of phenolic OH excluding ortho intramolecular Hbond substituents is 1. The van der Waals surface area contributed by atoms with Gasteiger partial charge in [-0.3, -0.25) is 28.9 Å². The highest BCUT2D eigenvalue weighted by atomic mass is 35.5. The third-order valence-corrected chi connectivity index (χ3v) is 11.8. The first-order chi connectivity index (χ1) is 24.5. The van der Waals surface area contributed by atoms with Crippen molar-refractivity contribution in [3.63, 3.8) is 0 Å². The van der Waals surface area contributed by atoms with Gasteiger partial charge in [0.15, 0.2) is 33.0 Å². The number of anilines is 1. The molecule has 2 aromatic rings. The minimum Gasteiger partial charge on any atom is -0.507 e. The van der Waals surface area contributed by atoms with E-state index in [0.29, 0.717) is 12.8 Å². The summed E-state index contributed by atoms with van der Waals surface area (Å²) in [6, 6.07) is 2.38. The molecule has 6 atom stereocenters. The van der Waals surface area contributed by atoms with Gasteiger partial charge in [-0.25, -0.2) is 26.9 Å². The van der Waals surface area contributed by atoms with Gasteiger partial charge in [0, 0.05) is 36.6 Å². The molecule has 2 N–H and O–H groups in total. The van der Waals surface area contributed by atoms with E-state index in [-0.39, 0.29) is 53.3 Å². The van der Waals surface area contributed by atoms with Crippen LogP contribution in [-0.2, 0) is 24.0 Å². The van der Waals surface area contributed by atoms with E-state index >= 15 is 8.78 Å². The van der Waals surface area contributed by atoms with Crippen molar-refractivity contribution in [3.8, 4) is 17.2 Å². The zero-order chi connectivity index (χ0) is 38.2. The highest BCUT2D eigenvalue weighted by Gasteiger charge is 2.77. The lowest BCUT2D eigenvalue weighted by Crippen LogP contribution is -2.60. The first-order valence-corrected chi connectivity index (χ1v) is 16.7. The SMILES string of the molecule is COc1cc(O)c([C@H]2C3=CC[C@@H]4C(=O)N(CCCCCC(=O)O)C(=O)[C@@H]4[C@@H]3C[C@@]3(Cl)C(=O)N(c4c(F)c(F)c(F)c(F)c4F)C(=O)[C@@]23Cl)c(OC)c1. The number of benzene rings is 2. The Morgan fingerprint density at radius 2 is 1.52 bits per heavy atom. The highest BCUT2D eigenvalue weighted by molar-refractivity contribution is 6.58. The number of rotatable bonds is 10. The number of hydrogen-bond donors (Lipinski definition) is 2. The number of amides is 4. The maximum atomic E-state index is 15.3. The van der Waals surface area contributed by atoms with Crippen LogP contribution < -0.4 is 14.4 Å². The Morgan fingerprint density at radius 3 is 2.12 bits per heavy atom. The molecule has 0 unspecified atom stereocenters. The van der Waals surface area contributed by atoms with Gasteiger partial charge in [-0.1, -0.05) is 18.1 Å². The second-order valence-corrected chi connectivity index (χ2v) is 14.2. The van der Waals surface area contributed by atoms with Gasteiger partial charge in [-0.2, -0.15) is 0 Å². The Hall–Kier alpha value is -4.44. The van der Waals surface area contributed by atoms with Gasteiger partial charge in [0.2, 0.25) is 17.6 Å². The van der Waals surface area contributed by atoms with Crippen molar-refractivity contribution >= 4 is 58.5 Å². The molecule has 1 saturated carbocycles. The van der Waals surface area contributed by atoms with E-state index in [1.54, 1.807) is 0 Å². The Balaban J connectivity index is 1.52. The number of fused-ring (bicyclic) bond motifs is 4. The number of likely N-dealkylation sites (tertiary alicyclic amines) is 1. The minimum absolute atomic E-state index is 0.0522. The molecule has 278 valence electrons. The number of hydrogen-bond acceptors (Lipinski definition) is 8. The molecule has 2 aliphatic heterocycles. The number of carboxylic acid groups (broad SMARTS) is 1. The Labute approximate surface area is 301 Å². The van der Waals surface area contributed by atoms with Gasteiger partial charge in [0.25, 0.3) is 11.8 Å². The van der Waals surface area contributed by atoms with Crippen molar-refractivity contribution in [1.82, 2.24) is 4.90 Å². The maximum absolute atomic E-state index is 15.3. The second-order valence-electron chi connectivity index (χ2n) is 13.0. The van der Waals surface area contributed by atoms with Crippen LogP contribution in [0.15, 0.2) is 23.8 Å². The topological polar surface area (TPSA) is 151 Å². The summed E-state index contributed by atoms with van der Waals surface area (Å²) in [5.41, 5.74) is -2.09. The van der Waals surface area contributed by atoms with Crippen molar-refractivity contribution in [2.24, 2.45) is 17.8 Å². The van der Waals surface area contributed by atoms with Crippen LogP contribution in [0.5, 0.6) is 17.2 Å². The number of methoxy groups -OCH3 is 2. The second kappa shape index (κ2) is 13.2. The van der Waals surface area contributed by atoms with Crippen molar-refractivity contribution in [1.29, 1.82) is 0 Å². The number of carbonyl (C=O) groups is 5. The van der Waals surface area contributed by atoms with Gasteiger partial charge < -0.3 is 19.7 Å². The molecule has 0 aromatic heterocycles. The molecular formula is C34H29Cl2F5N2O9. The van der Waals surface area contributed by atoms with Crippen molar-refractivity contribution in [2.45, 2.75) is 54.2 Å².